The first-order valence-electron chi connectivity index (χ1n) is 7.50. The van der Waals surface area contributed by atoms with Gasteiger partial charge >= 0.3 is 6.09 Å². The second-order valence-electron chi connectivity index (χ2n) is 5.05. The molecule has 2 aromatic rings. The third kappa shape index (κ3) is 4.49. The Balaban J connectivity index is 2.14. The summed E-state index contributed by atoms with van der Waals surface area (Å²) in [6.45, 7) is 6.33. The Labute approximate surface area is 140 Å². The molecule has 0 unspecified atom stereocenters. The molecule has 126 valence electrons. The average molecular weight is 329 g/mol. The van der Waals surface area contributed by atoms with Crippen LogP contribution in [0.4, 0.5) is 26.2 Å². The normalized spacial score (nSPS) is 10.1. The summed E-state index contributed by atoms with van der Waals surface area (Å²) in [4.78, 5) is 13.3. The quantitative estimate of drug-likeness (QED) is 0.782. The second kappa shape index (κ2) is 8.01. The van der Waals surface area contributed by atoms with Crippen molar-refractivity contribution in [3.63, 3.8) is 0 Å². The lowest BCUT2D eigenvalue weighted by Gasteiger charge is -2.21. The molecule has 0 fully saturated rings. The van der Waals surface area contributed by atoms with E-state index in [9.17, 15) is 9.18 Å². The van der Waals surface area contributed by atoms with E-state index >= 15 is 0 Å². The Kier molecular flexibility index (Phi) is 5.78. The average Bonchev–Trinajstić information content (AvgIpc) is 2.56. The first-order valence-corrected chi connectivity index (χ1v) is 7.50. The molecule has 0 heterocycles. The number of carbonyl (C=O) groups excluding carboxylic acids is 1. The summed E-state index contributed by atoms with van der Waals surface area (Å²) in [6.07, 6.45) is 1.11. The number of anilines is 3. The fraction of sp³-hybridized carbons (Fsp3) is 0.167. The zero-order valence-electron chi connectivity index (χ0n) is 13.5. The Hall–Kier alpha value is -3.02. The number of halogens is 1. The number of amides is 1. The minimum atomic E-state index is -0.552. The van der Waals surface area contributed by atoms with Crippen molar-refractivity contribution in [2.45, 2.75) is 13.5 Å². The van der Waals surface area contributed by atoms with Crippen molar-refractivity contribution >= 4 is 23.2 Å². The van der Waals surface area contributed by atoms with Crippen LogP contribution in [0.5, 0.6) is 0 Å². The van der Waals surface area contributed by atoms with E-state index in [2.05, 4.69) is 11.9 Å². The molecular weight excluding hydrogens is 309 g/mol. The lowest BCUT2D eigenvalue weighted by Crippen LogP contribution is -2.17. The number of rotatable bonds is 6. The Morgan fingerprint density at radius 3 is 2.62 bits per heavy atom. The summed E-state index contributed by atoms with van der Waals surface area (Å²) in [6, 6.07) is 11.5. The molecule has 3 N–H and O–H groups in total. The van der Waals surface area contributed by atoms with Crippen LogP contribution >= 0.6 is 0 Å². The monoisotopic (exact) mass is 329 g/mol. The molecule has 1 amide bonds. The number of nitrogens with zero attached hydrogens (tertiary/aromatic N) is 1. The minimum Gasteiger partial charge on any atom is -0.450 e. The van der Waals surface area contributed by atoms with Crippen molar-refractivity contribution in [3.05, 3.63) is 66.6 Å². The number of ether oxygens (including phenoxy) is 1. The van der Waals surface area contributed by atoms with Gasteiger partial charge in [0.25, 0.3) is 0 Å². The van der Waals surface area contributed by atoms with E-state index in [-0.39, 0.29) is 12.4 Å². The number of benzene rings is 2. The Morgan fingerprint density at radius 2 is 2.04 bits per heavy atom. The highest BCUT2D eigenvalue weighted by Gasteiger charge is 2.09. The van der Waals surface area contributed by atoms with E-state index in [4.69, 9.17) is 10.5 Å². The predicted molar refractivity (Wildman–Crippen MR) is 94.3 cm³/mol. The number of hydrogen-bond donors (Lipinski definition) is 2. The SMILES string of the molecule is C=CN(Cc1ccc(F)cc1)c1ccc(NC(=O)OCC)c(N)c1. The molecule has 0 spiro atoms. The molecule has 2 rings (SSSR count). The molecule has 5 nitrogen and oxygen atoms in total. The molecule has 0 aliphatic carbocycles. The molecule has 24 heavy (non-hydrogen) atoms. The molecule has 2 aromatic carbocycles. The van der Waals surface area contributed by atoms with Gasteiger partial charge in [0.15, 0.2) is 0 Å². The fourth-order valence-electron chi connectivity index (χ4n) is 2.17. The zero-order valence-corrected chi connectivity index (χ0v) is 13.5. The molecule has 0 aliphatic rings. The van der Waals surface area contributed by atoms with Gasteiger partial charge in [-0.05, 0) is 49.0 Å². The maximum Gasteiger partial charge on any atom is 0.411 e. The molecule has 0 radical (unpaired) electrons. The van der Waals surface area contributed by atoms with E-state index in [0.717, 1.165) is 11.3 Å². The van der Waals surface area contributed by atoms with Gasteiger partial charge in [0.2, 0.25) is 0 Å². The van der Waals surface area contributed by atoms with Gasteiger partial charge < -0.3 is 15.4 Å². The summed E-state index contributed by atoms with van der Waals surface area (Å²) in [5, 5.41) is 2.58. The smallest absolute Gasteiger partial charge is 0.411 e. The molecule has 0 saturated heterocycles. The molecule has 0 atom stereocenters. The number of nitrogens with two attached hydrogens (primary N) is 1. The van der Waals surface area contributed by atoms with E-state index in [1.807, 2.05) is 11.0 Å². The highest BCUT2D eigenvalue weighted by Crippen LogP contribution is 2.27. The first kappa shape index (κ1) is 17.3. The van der Waals surface area contributed by atoms with Crippen LogP contribution in [0.15, 0.2) is 55.2 Å². The van der Waals surface area contributed by atoms with Gasteiger partial charge in [-0.25, -0.2) is 9.18 Å². The van der Waals surface area contributed by atoms with Crippen molar-refractivity contribution in [1.82, 2.24) is 0 Å². The van der Waals surface area contributed by atoms with Gasteiger partial charge in [-0.3, -0.25) is 5.32 Å². The van der Waals surface area contributed by atoms with Crippen LogP contribution in [0.25, 0.3) is 0 Å². The number of nitrogen functional groups attached to an aromatic ring is 1. The standard InChI is InChI=1S/C18H20FN3O2/c1-3-22(12-13-5-7-14(19)8-6-13)15-9-10-17(16(20)11-15)21-18(23)24-4-2/h3,5-11H,1,4,12,20H2,2H3,(H,21,23). The highest BCUT2D eigenvalue weighted by molar-refractivity contribution is 5.89. The van der Waals surface area contributed by atoms with Crippen LogP contribution in [0.3, 0.4) is 0 Å². The van der Waals surface area contributed by atoms with Crippen molar-refractivity contribution < 1.29 is 13.9 Å². The molecular formula is C18H20FN3O2. The van der Waals surface area contributed by atoms with Gasteiger partial charge in [0, 0.05) is 12.2 Å². The second-order valence-corrected chi connectivity index (χ2v) is 5.05. The third-order valence-electron chi connectivity index (χ3n) is 3.37. The summed E-state index contributed by atoms with van der Waals surface area (Å²) in [5.41, 5.74) is 8.62. The summed E-state index contributed by atoms with van der Waals surface area (Å²) >= 11 is 0. The maximum atomic E-state index is 13.0. The fourth-order valence-corrected chi connectivity index (χ4v) is 2.17. The van der Waals surface area contributed by atoms with Gasteiger partial charge in [0.1, 0.15) is 5.82 Å². The number of hydrogen-bond acceptors (Lipinski definition) is 4. The molecule has 6 heteroatoms. The lowest BCUT2D eigenvalue weighted by atomic mass is 10.2. The van der Waals surface area contributed by atoms with Crippen molar-refractivity contribution in [3.8, 4) is 0 Å². The van der Waals surface area contributed by atoms with E-state index < -0.39 is 6.09 Å². The summed E-state index contributed by atoms with van der Waals surface area (Å²) in [5.74, 6) is -0.275. The van der Waals surface area contributed by atoms with Crippen LogP contribution in [0.1, 0.15) is 12.5 Å². The predicted octanol–water partition coefficient (Wildman–Crippen LogP) is 4.13. The molecule has 0 saturated carbocycles. The van der Waals surface area contributed by atoms with Gasteiger partial charge in [-0.2, -0.15) is 0 Å². The Morgan fingerprint density at radius 1 is 1.33 bits per heavy atom. The highest BCUT2D eigenvalue weighted by atomic mass is 19.1. The third-order valence-corrected chi connectivity index (χ3v) is 3.37. The van der Waals surface area contributed by atoms with Gasteiger partial charge in [-0.15, -0.1) is 0 Å². The van der Waals surface area contributed by atoms with Crippen molar-refractivity contribution in [2.75, 3.05) is 22.6 Å². The van der Waals surface area contributed by atoms with Crippen LogP contribution in [-0.2, 0) is 11.3 Å². The van der Waals surface area contributed by atoms with Crippen molar-refractivity contribution in [1.29, 1.82) is 0 Å². The van der Waals surface area contributed by atoms with Gasteiger partial charge in [-0.1, -0.05) is 18.7 Å². The van der Waals surface area contributed by atoms with Crippen LogP contribution < -0.4 is 16.0 Å². The van der Waals surface area contributed by atoms with E-state index in [1.54, 1.807) is 37.4 Å². The number of carbonyl (C=O) groups is 1. The maximum absolute atomic E-state index is 13.0. The summed E-state index contributed by atoms with van der Waals surface area (Å²) < 4.78 is 17.8. The minimum absolute atomic E-state index is 0.275. The van der Waals surface area contributed by atoms with E-state index in [1.165, 1.54) is 12.1 Å². The Bertz CT molecular complexity index is 717. The molecule has 0 bridgehead atoms. The number of nitrogens with one attached hydrogen (secondary N) is 1. The van der Waals surface area contributed by atoms with Gasteiger partial charge in [0.05, 0.1) is 18.0 Å². The molecule has 0 aliphatic heterocycles. The van der Waals surface area contributed by atoms with Crippen molar-refractivity contribution in [2.24, 2.45) is 0 Å². The van der Waals surface area contributed by atoms with E-state index in [0.29, 0.717) is 17.9 Å². The van der Waals surface area contributed by atoms with Crippen LogP contribution in [0, 0.1) is 5.82 Å². The lowest BCUT2D eigenvalue weighted by molar-refractivity contribution is 0.168. The topological polar surface area (TPSA) is 67.6 Å². The zero-order chi connectivity index (χ0) is 17.5. The summed E-state index contributed by atoms with van der Waals surface area (Å²) in [7, 11) is 0. The largest absolute Gasteiger partial charge is 0.450 e. The van der Waals surface area contributed by atoms with Crippen LogP contribution in [-0.4, -0.2) is 12.7 Å². The molecule has 0 aromatic heterocycles. The first-order chi connectivity index (χ1) is 11.5. The van der Waals surface area contributed by atoms with Crippen LogP contribution in [0.2, 0.25) is 0 Å².